The van der Waals surface area contributed by atoms with Crippen LogP contribution in [0.15, 0.2) is 36.4 Å². The number of fused-ring (bicyclic) bond motifs is 6. The molecule has 4 aliphatic rings. The summed E-state index contributed by atoms with van der Waals surface area (Å²) in [6.07, 6.45) is 3.39. The van der Waals surface area contributed by atoms with E-state index in [-0.39, 0.29) is 24.0 Å². The Hall–Kier alpha value is -5.42. The zero-order valence-corrected chi connectivity index (χ0v) is 38.6. The summed E-state index contributed by atoms with van der Waals surface area (Å²) in [7, 11) is 8.13. The smallest absolute Gasteiger partial charge is 0.258 e. The molecule has 0 unspecified atom stereocenters. The van der Waals surface area contributed by atoms with Crippen LogP contribution in [0.3, 0.4) is 0 Å². The van der Waals surface area contributed by atoms with Gasteiger partial charge < -0.3 is 29.1 Å². The highest BCUT2D eigenvalue weighted by Gasteiger charge is 2.37. The number of carbonyl (C=O) groups excluding carboxylic acids is 2. The normalized spacial score (nSPS) is 20.0. The van der Waals surface area contributed by atoms with E-state index in [1.54, 1.807) is 18.8 Å². The molecule has 2 fully saturated rings. The number of hydrogen-bond acceptors (Lipinski definition) is 10. The lowest BCUT2D eigenvalue weighted by Crippen LogP contribution is -2.46. The van der Waals surface area contributed by atoms with E-state index in [4.69, 9.17) is 32.7 Å². The van der Waals surface area contributed by atoms with Crippen molar-refractivity contribution in [1.82, 2.24) is 48.8 Å². The maximum absolute atomic E-state index is 14.0. The van der Waals surface area contributed by atoms with Crippen LogP contribution in [0.5, 0.6) is 11.5 Å². The molecule has 2 aliphatic heterocycles. The van der Waals surface area contributed by atoms with Gasteiger partial charge in [0.05, 0.1) is 81.5 Å². The summed E-state index contributed by atoms with van der Waals surface area (Å²) in [5.74, 6) is -0.659. The van der Waals surface area contributed by atoms with Crippen LogP contribution < -0.4 is 9.47 Å². The van der Waals surface area contributed by atoms with Crippen molar-refractivity contribution in [1.29, 1.82) is 0 Å². The van der Waals surface area contributed by atoms with Gasteiger partial charge in [0.2, 0.25) is 0 Å². The van der Waals surface area contributed by atoms with Crippen molar-refractivity contribution in [2.24, 2.45) is 0 Å². The molecule has 6 aromatic rings. The Morgan fingerprint density at radius 2 is 1.00 bits per heavy atom. The average Bonchev–Trinajstić information content (AvgIpc) is 3.99. The first-order valence-electron chi connectivity index (χ1n) is 21.4. The summed E-state index contributed by atoms with van der Waals surface area (Å²) < 4.78 is 43.5. The Kier molecular flexibility index (Phi) is 11.5. The van der Waals surface area contributed by atoms with E-state index in [1.807, 2.05) is 55.9 Å². The summed E-state index contributed by atoms with van der Waals surface area (Å²) in [6.45, 7) is 9.00. The van der Waals surface area contributed by atoms with Crippen LogP contribution in [-0.2, 0) is 26.2 Å². The van der Waals surface area contributed by atoms with Gasteiger partial charge in [0, 0.05) is 35.3 Å². The standard InChI is InChI=1S/2C23H25ClFN5O2/c2*1-12-21(24)13(2)30-22(26-12)18-10-29(11-19(18)27-30)23(31)17-6-5-14(25)7-20(17)32-16-8-15(9-16)28(3)4/h2*5-7,15-16H,8-11H2,1-4H3. The van der Waals surface area contributed by atoms with Crippen LogP contribution >= 0.6 is 23.2 Å². The molecule has 64 heavy (non-hydrogen) atoms. The molecule has 0 atom stereocenters. The van der Waals surface area contributed by atoms with Crippen molar-refractivity contribution in [2.45, 2.75) is 104 Å². The fourth-order valence-electron chi connectivity index (χ4n) is 8.87. The zero-order valence-electron chi connectivity index (χ0n) is 37.0. The van der Waals surface area contributed by atoms with Crippen molar-refractivity contribution in [3.05, 3.63) is 114 Å². The topological polar surface area (TPSA) is 126 Å². The predicted octanol–water partition coefficient (Wildman–Crippen LogP) is 7.53. The Balaban J connectivity index is 0.000000162. The molecule has 6 heterocycles. The number of rotatable bonds is 8. The molecule has 0 radical (unpaired) electrons. The minimum absolute atomic E-state index is 0.0179. The van der Waals surface area contributed by atoms with E-state index in [0.29, 0.717) is 70.9 Å². The van der Waals surface area contributed by atoms with Gasteiger partial charge in [-0.25, -0.2) is 27.8 Å². The van der Waals surface area contributed by atoms with Crippen LogP contribution in [-0.4, -0.2) is 113 Å². The molecule has 18 heteroatoms. The first-order valence-corrected chi connectivity index (χ1v) is 22.1. The predicted molar refractivity (Wildman–Crippen MR) is 237 cm³/mol. The fraction of sp³-hybridized carbons (Fsp3) is 0.435. The molecular formula is C46H50Cl2F2N10O4. The number of aryl methyl sites for hydroxylation is 4. The van der Waals surface area contributed by atoms with Gasteiger partial charge in [-0.1, -0.05) is 23.2 Å². The summed E-state index contributed by atoms with van der Waals surface area (Å²) in [5.41, 5.74) is 8.71. The van der Waals surface area contributed by atoms with Gasteiger partial charge in [0.1, 0.15) is 35.3 Å². The molecule has 14 nitrogen and oxygen atoms in total. The van der Waals surface area contributed by atoms with Gasteiger partial charge in [0.25, 0.3) is 11.8 Å². The minimum atomic E-state index is -0.422. The Bertz CT molecular complexity index is 2660. The number of hydrogen-bond donors (Lipinski definition) is 0. The van der Waals surface area contributed by atoms with E-state index in [9.17, 15) is 18.4 Å². The van der Waals surface area contributed by atoms with Crippen molar-refractivity contribution < 1.29 is 27.8 Å². The number of amides is 2. The average molecular weight is 916 g/mol. The Morgan fingerprint density at radius 3 is 1.36 bits per heavy atom. The molecule has 336 valence electrons. The van der Waals surface area contributed by atoms with Gasteiger partial charge in [-0.3, -0.25) is 9.59 Å². The summed E-state index contributed by atoms with van der Waals surface area (Å²) in [4.78, 5) is 43.6. The highest BCUT2D eigenvalue weighted by atomic mass is 35.5. The molecule has 0 N–H and O–H groups in total. The largest absolute Gasteiger partial charge is 0.489 e. The van der Waals surface area contributed by atoms with Gasteiger partial charge in [-0.2, -0.15) is 10.2 Å². The van der Waals surface area contributed by atoms with E-state index in [1.165, 1.54) is 36.4 Å². The van der Waals surface area contributed by atoms with Crippen molar-refractivity contribution in [2.75, 3.05) is 28.2 Å². The Morgan fingerprint density at radius 1 is 0.625 bits per heavy atom. The number of aromatic nitrogens is 6. The van der Waals surface area contributed by atoms with E-state index < -0.39 is 11.6 Å². The number of nitrogens with zero attached hydrogens (tertiary/aromatic N) is 10. The lowest BCUT2D eigenvalue weighted by molar-refractivity contribution is 0.0381. The zero-order chi connectivity index (χ0) is 45.5. The SMILES string of the molecule is Cc1nc2c3c(nn2c(C)c1Cl)CN(C(=O)c1ccc(F)cc1OC1CC(N(C)C)C1)C3.Cc1nc2c3c(nn2c(C)c1Cl)CN(C(=O)c1ccc(F)cc1OC1CC(N(C)C)C1)C3. The minimum Gasteiger partial charge on any atom is -0.489 e. The third-order valence-corrected chi connectivity index (χ3v) is 14.1. The van der Waals surface area contributed by atoms with Crippen LogP contribution in [0, 0.1) is 39.3 Å². The molecule has 0 saturated heterocycles. The summed E-state index contributed by atoms with van der Waals surface area (Å²) >= 11 is 12.6. The fourth-order valence-corrected chi connectivity index (χ4v) is 9.11. The van der Waals surface area contributed by atoms with Gasteiger partial charge in [-0.15, -0.1) is 0 Å². The van der Waals surface area contributed by atoms with E-state index in [0.717, 1.165) is 82.3 Å². The molecular weight excluding hydrogens is 865 g/mol. The van der Waals surface area contributed by atoms with Crippen LogP contribution in [0.1, 0.15) is 91.7 Å². The summed E-state index contributed by atoms with van der Waals surface area (Å²) in [5, 5.41) is 10.4. The van der Waals surface area contributed by atoms with Crippen LogP contribution in [0.2, 0.25) is 10.0 Å². The first-order chi connectivity index (χ1) is 30.4. The van der Waals surface area contributed by atoms with Crippen molar-refractivity contribution >= 4 is 46.3 Å². The van der Waals surface area contributed by atoms with Crippen LogP contribution in [0.4, 0.5) is 8.78 Å². The lowest BCUT2D eigenvalue weighted by atomic mass is 9.88. The van der Waals surface area contributed by atoms with Gasteiger partial charge in [-0.05, 0) is 106 Å². The number of halogens is 4. The lowest BCUT2D eigenvalue weighted by Gasteiger charge is -2.39. The maximum Gasteiger partial charge on any atom is 0.258 e. The van der Waals surface area contributed by atoms with Crippen molar-refractivity contribution in [3.8, 4) is 11.5 Å². The molecule has 2 saturated carbocycles. The Labute approximate surface area is 379 Å². The van der Waals surface area contributed by atoms with Crippen molar-refractivity contribution in [3.63, 3.8) is 0 Å². The molecule has 2 amide bonds. The molecule has 2 aromatic carbocycles. The first kappa shape index (κ1) is 43.8. The highest BCUT2D eigenvalue weighted by Crippen LogP contribution is 2.36. The molecule has 10 rings (SSSR count). The second kappa shape index (κ2) is 16.9. The number of ether oxygens (including phenoxy) is 2. The monoisotopic (exact) mass is 914 g/mol. The molecule has 4 aromatic heterocycles. The number of benzene rings is 2. The third-order valence-electron chi connectivity index (χ3n) is 13.0. The highest BCUT2D eigenvalue weighted by molar-refractivity contribution is 6.32. The second-order valence-corrected chi connectivity index (χ2v) is 18.5. The van der Waals surface area contributed by atoms with E-state index in [2.05, 4.69) is 30.0 Å². The quantitative estimate of drug-likeness (QED) is 0.151. The molecule has 0 bridgehead atoms. The summed E-state index contributed by atoms with van der Waals surface area (Å²) in [6, 6.07) is 9.11. The van der Waals surface area contributed by atoms with Gasteiger partial charge in [0.15, 0.2) is 11.3 Å². The molecule has 2 aliphatic carbocycles. The second-order valence-electron chi connectivity index (χ2n) is 17.8. The van der Waals surface area contributed by atoms with Crippen LogP contribution in [0.25, 0.3) is 11.3 Å². The van der Waals surface area contributed by atoms with E-state index >= 15 is 0 Å². The van der Waals surface area contributed by atoms with Gasteiger partial charge >= 0.3 is 0 Å². The number of carbonyl (C=O) groups is 2. The third kappa shape index (κ3) is 7.92. The molecule has 0 spiro atoms. The maximum atomic E-state index is 14.0.